The number of piperidine rings is 1. The summed E-state index contributed by atoms with van der Waals surface area (Å²) in [6.07, 6.45) is 2.21. The van der Waals surface area contributed by atoms with Crippen molar-refractivity contribution in [3.8, 4) is 11.3 Å². The molecule has 0 unspecified atom stereocenters. The lowest BCUT2D eigenvalue weighted by molar-refractivity contribution is 0.0890. The summed E-state index contributed by atoms with van der Waals surface area (Å²) in [7, 11) is 0. The topological polar surface area (TPSA) is 136 Å². The van der Waals surface area contributed by atoms with Crippen LogP contribution in [0.5, 0.6) is 0 Å². The zero-order valence-electron chi connectivity index (χ0n) is 16.5. The van der Waals surface area contributed by atoms with Gasteiger partial charge in [-0.15, -0.1) is 0 Å². The highest BCUT2D eigenvalue weighted by atomic mass is 16.4. The van der Waals surface area contributed by atoms with Crippen LogP contribution >= 0.6 is 0 Å². The summed E-state index contributed by atoms with van der Waals surface area (Å²) in [5.74, 6) is -0.326. The molecule has 10 nitrogen and oxygen atoms in total. The van der Waals surface area contributed by atoms with E-state index in [1.54, 1.807) is 6.07 Å². The molecule has 0 aliphatic carbocycles. The highest BCUT2D eigenvalue weighted by Crippen LogP contribution is 2.26. The van der Waals surface area contributed by atoms with Crippen LogP contribution in [0, 0.1) is 0 Å². The third-order valence-corrected chi connectivity index (χ3v) is 5.68. The quantitative estimate of drug-likeness (QED) is 0.402. The summed E-state index contributed by atoms with van der Waals surface area (Å²) < 4.78 is 1.44. The van der Waals surface area contributed by atoms with Crippen molar-refractivity contribution in [2.45, 2.75) is 18.9 Å². The lowest BCUT2D eigenvalue weighted by Crippen LogP contribution is -2.49. The van der Waals surface area contributed by atoms with Crippen LogP contribution in [0.4, 0.5) is 4.79 Å². The average molecular weight is 420 g/mol. The number of carbonyl (C=O) groups excluding carboxylic acids is 1. The number of pyridine rings is 1. The Kier molecular flexibility index (Phi) is 4.46. The molecular weight excluding hydrogens is 400 g/mol. The van der Waals surface area contributed by atoms with E-state index in [-0.39, 0.29) is 24.2 Å². The standard InChI is InChI=1S/C21H20N6O4/c28-19(23-13-3-2-8-26(11-13)21(30)31)15-10-18-24-25-20(29)27(18)17-9-12(5-6-14(15)17)16-4-1-7-22-16/h1,4-7,9-10,13,22H,2-3,8,11H2,(H,23,28)(H,25,29)(H,30,31)/t13-/m0/s1. The Labute approximate surface area is 175 Å². The number of benzene rings is 1. The first-order chi connectivity index (χ1) is 15.0. The first-order valence-electron chi connectivity index (χ1n) is 9.97. The Morgan fingerprint density at radius 1 is 1.23 bits per heavy atom. The van der Waals surface area contributed by atoms with Crippen LogP contribution in [-0.4, -0.2) is 60.7 Å². The maximum absolute atomic E-state index is 13.2. The molecule has 0 bridgehead atoms. The van der Waals surface area contributed by atoms with Crippen molar-refractivity contribution in [2.24, 2.45) is 0 Å². The lowest BCUT2D eigenvalue weighted by Gasteiger charge is -2.31. The maximum Gasteiger partial charge on any atom is 0.407 e. The predicted molar refractivity (Wildman–Crippen MR) is 113 cm³/mol. The van der Waals surface area contributed by atoms with Crippen molar-refractivity contribution in [2.75, 3.05) is 13.1 Å². The van der Waals surface area contributed by atoms with E-state index in [2.05, 4.69) is 20.5 Å². The number of hydrogen-bond donors (Lipinski definition) is 4. The van der Waals surface area contributed by atoms with Crippen LogP contribution in [-0.2, 0) is 0 Å². The molecule has 31 heavy (non-hydrogen) atoms. The Morgan fingerprint density at radius 2 is 2.10 bits per heavy atom. The third-order valence-electron chi connectivity index (χ3n) is 5.68. The molecule has 0 saturated carbocycles. The van der Waals surface area contributed by atoms with Crippen molar-refractivity contribution in [1.82, 2.24) is 29.8 Å². The number of likely N-dealkylation sites (tertiary alicyclic amines) is 1. The van der Waals surface area contributed by atoms with Crippen LogP contribution in [0.15, 0.2) is 47.4 Å². The second kappa shape index (κ2) is 7.31. The zero-order valence-corrected chi connectivity index (χ0v) is 16.5. The number of rotatable bonds is 3. The third kappa shape index (κ3) is 3.31. The van der Waals surface area contributed by atoms with Crippen molar-refractivity contribution < 1.29 is 14.7 Å². The van der Waals surface area contributed by atoms with Crippen LogP contribution in [0.3, 0.4) is 0 Å². The summed E-state index contributed by atoms with van der Waals surface area (Å²) in [6.45, 7) is 0.717. The maximum atomic E-state index is 13.2. The van der Waals surface area contributed by atoms with Crippen LogP contribution < -0.4 is 11.0 Å². The van der Waals surface area contributed by atoms with Gasteiger partial charge in [0.2, 0.25) is 0 Å². The van der Waals surface area contributed by atoms with Crippen LogP contribution in [0.25, 0.3) is 27.8 Å². The van der Waals surface area contributed by atoms with Crippen molar-refractivity contribution >= 4 is 28.6 Å². The molecule has 1 saturated heterocycles. The molecule has 5 rings (SSSR count). The molecule has 1 fully saturated rings. The highest BCUT2D eigenvalue weighted by molar-refractivity contribution is 6.08. The molecule has 158 valence electrons. The normalized spacial score (nSPS) is 16.6. The highest BCUT2D eigenvalue weighted by Gasteiger charge is 2.26. The first kappa shape index (κ1) is 18.9. The fourth-order valence-corrected chi connectivity index (χ4v) is 4.19. The summed E-state index contributed by atoms with van der Waals surface area (Å²) in [6, 6.07) is 10.6. The molecule has 4 heterocycles. The number of amides is 2. The number of H-pyrrole nitrogens is 2. The fraction of sp³-hybridized carbons (Fsp3) is 0.238. The summed E-state index contributed by atoms with van der Waals surface area (Å²) in [4.78, 5) is 41.2. The summed E-state index contributed by atoms with van der Waals surface area (Å²) in [5.41, 5.74) is 2.64. The van der Waals surface area contributed by atoms with Gasteiger partial charge in [-0.3, -0.25) is 4.79 Å². The van der Waals surface area contributed by atoms with E-state index < -0.39 is 6.09 Å². The molecule has 2 amide bonds. The number of aromatic nitrogens is 4. The lowest BCUT2D eigenvalue weighted by atomic mass is 10.0. The molecule has 1 aliphatic rings. The Bertz CT molecular complexity index is 1350. The number of fused-ring (bicyclic) bond motifs is 3. The summed E-state index contributed by atoms with van der Waals surface area (Å²) in [5, 5.41) is 19.3. The molecule has 1 aliphatic heterocycles. The van der Waals surface area contributed by atoms with Gasteiger partial charge in [-0.1, -0.05) is 12.1 Å². The molecule has 10 heteroatoms. The van der Waals surface area contributed by atoms with E-state index in [0.717, 1.165) is 11.3 Å². The first-order valence-corrected chi connectivity index (χ1v) is 9.97. The van der Waals surface area contributed by atoms with E-state index in [1.807, 2.05) is 36.5 Å². The molecule has 0 radical (unpaired) electrons. The van der Waals surface area contributed by atoms with Gasteiger partial charge < -0.3 is 20.3 Å². The van der Waals surface area contributed by atoms with Crippen molar-refractivity contribution in [3.05, 3.63) is 58.6 Å². The van der Waals surface area contributed by atoms with Gasteiger partial charge in [-0.2, -0.15) is 5.10 Å². The van der Waals surface area contributed by atoms with Gasteiger partial charge in [-0.25, -0.2) is 19.1 Å². The fourth-order valence-electron chi connectivity index (χ4n) is 4.19. The molecule has 0 spiro atoms. The molecule has 3 aromatic heterocycles. The predicted octanol–water partition coefficient (Wildman–Crippen LogP) is 2.04. The largest absolute Gasteiger partial charge is 0.465 e. The van der Waals surface area contributed by atoms with Gasteiger partial charge in [0, 0.05) is 42.0 Å². The van der Waals surface area contributed by atoms with Gasteiger partial charge in [-0.05, 0) is 37.1 Å². The zero-order chi connectivity index (χ0) is 21.5. The van der Waals surface area contributed by atoms with Crippen LogP contribution in [0.1, 0.15) is 23.2 Å². The number of carboxylic acid groups (broad SMARTS) is 1. The van der Waals surface area contributed by atoms with Gasteiger partial charge >= 0.3 is 11.8 Å². The minimum absolute atomic E-state index is 0.250. The van der Waals surface area contributed by atoms with Gasteiger partial charge in [0.1, 0.15) is 0 Å². The Balaban J connectivity index is 1.57. The molecule has 4 N–H and O–H groups in total. The molecular formula is C21H20N6O4. The number of hydrogen-bond acceptors (Lipinski definition) is 4. The van der Waals surface area contributed by atoms with Crippen molar-refractivity contribution in [3.63, 3.8) is 0 Å². The van der Waals surface area contributed by atoms with E-state index in [9.17, 15) is 19.5 Å². The van der Waals surface area contributed by atoms with E-state index >= 15 is 0 Å². The second-order valence-corrected chi connectivity index (χ2v) is 7.64. The minimum Gasteiger partial charge on any atom is -0.465 e. The Hall–Kier alpha value is -4.08. The van der Waals surface area contributed by atoms with Gasteiger partial charge in [0.25, 0.3) is 5.91 Å². The molecule has 1 atom stereocenters. The number of nitrogens with zero attached hydrogens (tertiary/aromatic N) is 3. The smallest absolute Gasteiger partial charge is 0.407 e. The van der Waals surface area contributed by atoms with E-state index in [1.165, 1.54) is 9.30 Å². The summed E-state index contributed by atoms with van der Waals surface area (Å²) >= 11 is 0. The van der Waals surface area contributed by atoms with Crippen LogP contribution in [0.2, 0.25) is 0 Å². The minimum atomic E-state index is -0.987. The second-order valence-electron chi connectivity index (χ2n) is 7.64. The van der Waals surface area contributed by atoms with Crippen molar-refractivity contribution in [1.29, 1.82) is 0 Å². The number of aromatic amines is 2. The Morgan fingerprint density at radius 3 is 2.87 bits per heavy atom. The van der Waals surface area contributed by atoms with E-state index in [0.29, 0.717) is 41.5 Å². The van der Waals surface area contributed by atoms with Gasteiger partial charge in [0.15, 0.2) is 5.65 Å². The van der Waals surface area contributed by atoms with E-state index in [4.69, 9.17) is 0 Å². The number of nitrogens with one attached hydrogen (secondary N) is 3. The average Bonchev–Trinajstić information content (AvgIpc) is 3.43. The molecule has 1 aromatic carbocycles. The SMILES string of the molecule is O=C(N[C@H]1CCCN(C(=O)O)C1)c1cc2n[nH]c(=O)n2c2cc(-c3ccc[nH]3)ccc12. The monoisotopic (exact) mass is 420 g/mol. The van der Waals surface area contributed by atoms with Gasteiger partial charge in [0.05, 0.1) is 11.1 Å². The number of carbonyl (C=O) groups is 2. The molecule has 4 aromatic rings.